The summed E-state index contributed by atoms with van der Waals surface area (Å²) in [5.74, 6) is 0. The maximum atomic E-state index is 8.90. The maximum absolute atomic E-state index is 8.90. The molecule has 2 rings (SSSR count). The molecule has 0 unspecified atom stereocenters. The molecule has 0 bridgehead atoms. The summed E-state index contributed by atoms with van der Waals surface area (Å²) in [4.78, 5) is 2.52. The Balaban J connectivity index is 1.98. The minimum Gasteiger partial charge on any atom is -0.411 e. The summed E-state index contributed by atoms with van der Waals surface area (Å²) in [6.45, 7) is 2.40. The fourth-order valence-corrected chi connectivity index (χ4v) is 2.73. The van der Waals surface area contributed by atoms with Crippen molar-refractivity contribution < 1.29 is 5.21 Å². The largest absolute Gasteiger partial charge is 0.411 e. The molecule has 1 atom stereocenters. The van der Waals surface area contributed by atoms with Crippen LogP contribution in [0.4, 0.5) is 0 Å². The first-order valence-electron chi connectivity index (χ1n) is 5.86. The van der Waals surface area contributed by atoms with E-state index < -0.39 is 0 Å². The summed E-state index contributed by atoms with van der Waals surface area (Å²) in [7, 11) is 0. The van der Waals surface area contributed by atoms with Crippen LogP contribution >= 0.6 is 0 Å². The molecule has 0 aromatic rings. The van der Waals surface area contributed by atoms with Gasteiger partial charge in [0.15, 0.2) is 0 Å². The van der Waals surface area contributed by atoms with E-state index in [0.29, 0.717) is 6.04 Å². The lowest BCUT2D eigenvalue weighted by atomic mass is 10.2. The van der Waals surface area contributed by atoms with E-state index in [-0.39, 0.29) is 0 Å². The number of hydrogen-bond donors (Lipinski definition) is 1. The molecule has 1 heterocycles. The van der Waals surface area contributed by atoms with Gasteiger partial charge in [0.05, 0.1) is 11.8 Å². The zero-order chi connectivity index (χ0) is 9.80. The van der Waals surface area contributed by atoms with Gasteiger partial charge in [-0.25, -0.2) is 0 Å². The minimum absolute atomic E-state index is 0.457. The Labute approximate surface area is 85.8 Å². The van der Waals surface area contributed by atoms with Gasteiger partial charge in [-0.2, -0.15) is 0 Å². The maximum Gasteiger partial charge on any atom is 0.0742 e. The summed E-state index contributed by atoms with van der Waals surface area (Å²) < 4.78 is 0. The second-order valence-electron chi connectivity index (χ2n) is 4.45. The lowest BCUT2D eigenvalue weighted by molar-refractivity contribution is 0.242. The van der Waals surface area contributed by atoms with Gasteiger partial charge in [0.25, 0.3) is 0 Å². The van der Waals surface area contributed by atoms with Crippen molar-refractivity contribution >= 4 is 5.71 Å². The van der Waals surface area contributed by atoms with Gasteiger partial charge in [-0.05, 0) is 45.2 Å². The molecule has 1 saturated heterocycles. The third kappa shape index (κ3) is 2.08. The predicted octanol–water partition coefficient (Wildman–Crippen LogP) is 2.25. The molecule has 0 aromatic heterocycles. The summed E-state index contributed by atoms with van der Waals surface area (Å²) in [6.07, 6.45) is 8.76. The topological polar surface area (TPSA) is 35.8 Å². The Kier molecular flexibility index (Phi) is 3.40. The van der Waals surface area contributed by atoms with E-state index in [1.54, 1.807) is 0 Å². The van der Waals surface area contributed by atoms with Gasteiger partial charge in [-0.1, -0.05) is 18.0 Å². The van der Waals surface area contributed by atoms with Crippen LogP contribution in [0.3, 0.4) is 0 Å². The molecule has 1 saturated carbocycles. The van der Waals surface area contributed by atoms with E-state index in [2.05, 4.69) is 10.1 Å². The first-order chi connectivity index (χ1) is 6.92. The summed E-state index contributed by atoms with van der Waals surface area (Å²) in [6, 6.07) is 0.457. The molecule has 2 aliphatic rings. The zero-order valence-corrected chi connectivity index (χ0v) is 8.78. The van der Waals surface area contributed by atoms with Gasteiger partial charge in [0.2, 0.25) is 0 Å². The molecule has 3 heteroatoms. The van der Waals surface area contributed by atoms with Crippen LogP contribution in [-0.4, -0.2) is 35.0 Å². The zero-order valence-electron chi connectivity index (χ0n) is 8.78. The van der Waals surface area contributed by atoms with Crippen molar-refractivity contribution in [3.05, 3.63) is 0 Å². The van der Waals surface area contributed by atoms with Crippen LogP contribution in [0, 0.1) is 0 Å². The number of oxime groups is 1. The molecular weight excluding hydrogens is 176 g/mol. The Hall–Kier alpha value is -0.570. The molecule has 0 spiro atoms. The first-order valence-corrected chi connectivity index (χ1v) is 5.86. The van der Waals surface area contributed by atoms with Crippen LogP contribution in [0.25, 0.3) is 0 Å². The average molecular weight is 196 g/mol. The number of nitrogens with zero attached hydrogens (tertiary/aromatic N) is 2. The van der Waals surface area contributed by atoms with Crippen LogP contribution in [0.1, 0.15) is 44.9 Å². The molecule has 0 amide bonds. The van der Waals surface area contributed by atoms with Crippen molar-refractivity contribution in [1.29, 1.82) is 0 Å². The molecule has 1 N–H and O–H groups in total. The average Bonchev–Trinajstić information content (AvgIpc) is 2.52. The van der Waals surface area contributed by atoms with Crippen molar-refractivity contribution in [3.8, 4) is 0 Å². The Bertz CT molecular complexity index is 207. The van der Waals surface area contributed by atoms with E-state index in [4.69, 9.17) is 5.21 Å². The van der Waals surface area contributed by atoms with Gasteiger partial charge in [-0.3, -0.25) is 4.90 Å². The minimum atomic E-state index is 0.457. The van der Waals surface area contributed by atoms with E-state index >= 15 is 0 Å². The molecular formula is C11H20N2O. The highest BCUT2D eigenvalue weighted by atomic mass is 16.4. The van der Waals surface area contributed by atoms with E-state index in [1.807, 2.05) is 0 Å². The van der Waals surface area contributed by atoms with Gasteiger partial charge < -0.3 is 5.21 Å². The van der Waals surface area contributed by atoms with E-state index in [0.717, 1.165) is 12.1 Å². The Morgan fingerprint density at radius 1 is 1.07 bits per heavy atom. The van der Waals surface area contributed by atoms with Crippen LogP contribution in [0.5, 0.6) is 0 Å². The lowest BCUT2D eigenvalue weighted by Gasteiger charge is -2.26. The molecule has 14 heavy (non-hydrogen) atoms. The molecule has 2 fully saturated rings. The standard InChI is InChI=1S/C11H20N2O/c14-12-10-6-5-7-11(10)13-8-3-1-2-4-9-13/h11,14H,1-9H2/b12-10+/t11-/m0/s1. The van der Waals surface area contributed by atoms with Crippen molar-refractivity contribution in [3.63, 3.8) is 0 Å². The highest BCUT2D eigenvalue weighted by Crippen LogP contribution is 2.24. The normalized spacial score (nSPS) is 33.4. The van der Waals surface area contributed by atoms with Gasteiger partial charge in [0.1, 0.15) is 0 Å². The summed E-state index contributed by atoms with van der Waals surface area (Å²) in [5.41, 5.74) is 1.02. The van der Waals surface area contributed by atoms with Crippen molar-refractivity contribution in [2.24, 2.45) is 5.16 Å². The lowest BCUT2D eigenvalue weighted by Crippen LogP contribution is -2.38. The van der Waals surface area contributed by atoms with Gasteiger partial charge in [0, 0.05) is 0 Å². The van der Waals surface area contributed by atoms with E-state index in [9.17, 15) is 0 Å². The Morgan fingerprint density at radius 2 is 1.79 bits per heavy atom. The third-order valence-corrected chi connectivity index (χ3v) is 3.50. The molecule has 80 valence electrons. The fourth-order valence-electron chi connectivity index (χ4n) is 2.73. The number of likely N-dealkylation sites (tertiary alicyclic amines) is 1. The van der Waals surface area contributed by atoms with Crippen LogP contribution < -0.4 is 0 Å². The predicted molar refractivity (Wildman–Crippen MR) is 56.9 cm³/mol. The van der Waals surface area contributed by atoms with Crippen LogP contribution in [-0.2, 0) is 0 Å². The highest BCUT2D eigenvalue weighted by molar-refractivity contribution is 5.90. The quantitative estimate of drug-likeness (QED) is 0.515. The van der Waals surface area contributed by atoms with E-state index in [1.165, 1.54) is 51.6 Å². The van der Waals surface area contributed by atoms with Crippen molar-refractivity contribution in [2.75, 3.05) is 13.1 Å². The van der Waals surface area contributed by atoms with Crippen molar-refractivity contribution in [2.45, 2.75) is 51.0 Å². The number of rotatable bonds is 1. The molecule has 3 nitrogen and oxygen atoms in total. The molecule has 0 aromatic carbocycles. The third-order valence-electron chi connectivity index (χ3n) is 3.50. The fraction of sp³-hybridized carbons (Fsp3) is 0.909. The highest BCUT2D eigenvalue weighted by Gasteiger charge is 2.28. The molecule has 1 aliphatic heterocycles. The van der Waals surface area contributed by atoms with Crippen molar-refractivity contribution in [1.82, 2.24) is 4.90 Å². The second-order valence-corrected chi connectivity index (χ2v) is 4.45. The monoisotopic (exact) mass is 196 g/mol. The molecule has 1 aliphatic carbocycles. The second kappa shape index (κ2) is 4.78. The Morgan fingerprint density at radius 3 is 2.43 bits per heavy atom. The smallest absolute Gasteiger partial charge is 0.0742 e. The van der Waals surface area contributed by atoms with Crippen LogP contribution in [0.15, 0.2) is 5.16 Å². The van der Waals surface area contributed by atoms with Gasteiger partial charge in [-0.15, -0.1) is 0 Å². The number of hydrogen-bond acceptors (Lipinski definition) is 3. The molecule has 0 radical (unpaired) electrons. The van der Waals surface area contributed by atoms with Gasteiger partial charge >= 0.3 is 0 Å². The first kappa shape index (κ1) is 9.97. The summed E-state index contributed by atoms with van der Waals surface area (Å²) >= 11 is 0. The summed E-state index contributed by atoms with van der Waals surface area (Å²) in [5, 5.41) is 12.3. The van der Waals surface area contributed by atoms with Crippen LogP contribution in [0.2, 0.25) is 0 Å². The SMILES string of the molecule is O/N=C1\CCC[C@@H]1N1CCCCCC1.